The molecular formula is C14H20N2O3S. The number of sulfonamides is 1. The molecule has 2 rings (SSSR count). The zero-order valence-electron chi connectivity index (χ0n) is 11.7. The van der Waals surface area contributed by atoms with Gasteiger partial charge in [-0.15, -0.1) is 0 Å². The van der Waals surface area contributed by atoms with Crippen LogP contribution in [-0.4, -0.2) is 56.0 Å². The minimum absolute atomic E-state index is 0.0236. The van der Waals surface area contributed by atoms with Crippen LogP contribution in [0.5, 0.6) is 0 Å². The molecule has 1 aromatic carbocycles. The highest BCUT2D eigenvalue weighted by atomic mass is 32.2. The summed E-state index contributed by atoms with van der Waals surface area (Å²) in [7, 11) is -1.63. The van der Waals surface area contributed by atoms with Gasteiger partial charge in [-0.25, -0.2) is 8.42 Å². The van der Waals surface area contributed by atoms with Gasteiger partial charge in [0.2, 0.25) is 15.9 Å². The Morgan fingerprint density at radius 2 is 1.85 bits per heavy atom. The third-order valence-electron chi connectivity index (χ3n) is 3.53. The van der Waals surface area contributed by atoms with E-state index >= 15 is 0 Å². The number of aryl methyl sites for hydroxylation is 1. The first-order valence-electron chi connectivity index (χ1n) is 6.75. The topological polar surface area (TPSA) is 57.7 Å². The lowest BCUT2D eigenvalue weighted by atomic mass is 10.1. The van der Waals surface area contributed by atoms with Gasteiger partial charge in [0.05, 0.1) is 12.3 Å². The molecule has 110 valence electrons. The average molecular weight is 296 g/mol. The van der Waals surface area contributed by atoms with Crippen LogP contribution < -0.4 is 0 Å². The van der Waals surface area contributed by atoms with Gasteiger partial charge in [0.15, 0.2) is 0 Å². The number of rotatable bonds is 5. The maximum Gasteiger partial charge on any atom is 0.237 e. The fraction of sp³-hybridized carbons (Fsp3) is 0.500. The smallest absolute Gasteiger partial charge is 0.237 e. The molecule has 0 unspecified atom stereocenters. The van der Waals surface area contributed by atoms with E-state index in [0.29, 0.717) is 19.5 Å². The number of likely N-dealkylation sites (N-methyl/N-ethyl adjacent to an activating group) is 1. The summed E-state index contributed by atoms with van der Waals surface area (Å²) in [5, 5.41) is 0. The normalized spacial score (nSPS) is 17.4. The van der Waals surface area contributed by atoms with Crippen LogP contribution in [0.2, 0.25) is 0 Å². The SMILES string of the molecule is CN1CCN(S(=O)(=O)CCCc2ccccc2)CC1=O. The minimum atomic E-state index is -3.32. The van der Waals surface area contributed by atoms with E-state index in [1.807, 2.05) is 30.3 Å². The molecule has 0 bridgehead atoms. The molecular weight excluding hydrogens is 276 g/mol. The van der Waals surface area contributed by atoms with Crippen molar-refractivity contribution in [3.05, 3.63) is 35.9 Å². The molecule has 1 saturated heterocycles. The van der Waals surface area contributed by atoms with Crippen molar-refractivity contribution in [3.8, 4) is 0 Å². The molecule has 1 heterocycles. The second-order valence-corrected chi connectivity index (χ2v) is 7.14. The average Bonchev–Trinajstić information content (AvgIpc) is 2.43. The van der Waals surface area contributed by atoms with Crippen molar-refractivity contribution in [1.82, 2.24) is 9.21 Å². The number of nitrogens with zero attached hydrogens (tertiary/aromatic N) is 2. The van der Waals surface area contributed by atoms with E-state index in [9.17, 15) is 13.2 Å². The molecule has 1 aliphatic heterocycles. The van der Waals surface area contributed by atoms with Crippen LogP contribution in [0.3, 0.4) is 0 Å². The van der Waals surface area contributed by atoms with Gasteiger partial charge in [0.25, 0.3) is 0 Å². The van der Waals surface area contributed by atoms with Gasteiger partial charge in [0, 0.05) is 20.1 Å². The Labute approximate surface area is 120 Å². The second kappa shape index (κ2) is 6.37. The van der Waals surface area contributed by atoms with E-state index in [2.05, 4.69) is 0 Å². The van der Waals surface area contributed by atoms with Gasteiger partial charge >= 0.3 is 0 Å². The fourth-order valence-corrected chi connectivity index (χ4v) is 3.64. The summed E-state index contributed by atoms with van der Waals surface area (Å²) < 4.78 is 25.7. The molecule has 0 radical (unpaired) electrons. The number of amides is 1. The molecule has 1 fully saturated rings. The lowest BCUT2D eigenvalue weighted by molar-refractivity contribution is -0.132. The Kier molecular flexibility index (Phi) is 4.77. The van der Waals surface area contributed by atoms with Crippen LogP contribution in [0.1, 0.15) is 12.0 Å². The van der Waals surface area contributed by atoms with Gasteiger partial charge in [-0.2, -0.15) is 4.31 Å². The van der Waals surface area contributed by atoms with E-state index < -0.39 is 10.0 Å². The molecule has 0 aliphatic carbocycles. The summed E-state index contributed by atoms with van der Waals surface area (Å²) in [6, 6.07) is 9.82. The van der Waals surface area contributed by atoms with Gasteiger partial charge in [0.1, 0.15) is 0 Å². The van der Waals surface area contributed by atoms with Crippen molar-refractivity contribution in [3.63, 3.8) is 0 Å². The fourth-order valence-electron chi connectivity index (χ4n) is 2.21. The Balaban J connectivity index is 1.87. The molecule has 6 heteroatoms. The molecule has 1 aliphatic rings. The molecule has 0 atom stereocenters. The quantitative estimate of drug-likeness (QED) is 0.804. The molecule has 0 aromatic heterocycles. The Morgan fingerprint density at radius 1 is 1.15 bits per heavy atom. The van der Waals surface area contributed by atoms with Gasteiger partial charge in [-0.3, -0.25) is 4.79 Å². The van der Waals surface area contributed by atoms with Crippen LogP contribution in [0.25, 0.3) is 0 Å². The minimum Gasteiger partial charge on any atom is -0.343 e. The standard InChI is InChI=1S/C14H20N2O3S/c1-15-9-10-16(12-14(15)17)20(18,19)11-5-8-13-6-3-2-4-7-13/h2-4,6-7H,5,8-12H2,1H3. The Hall–Kier alpha value is -1.40. The number of carbonyl (C=O) groups is 1. The first kappa shape index (κ1) is 15.0. The van der Waals surface area contributed by atoms with Crippen molar-refractivity contribution >= 4 is 15.9 Å². The third-order valence-corrected chi connectivity index (χ3v) is 5.43. The molecule has 0 saturated carbocycles. The molecule has 1 aromatic rings. The zero-order chi connectivity index (χ0) is 14.6. The molecule has 20 heavy (non-hydrogen) atoms. The van der Waals surface area contributed by atoms with Crippen molar-refractivity contribution < 1.29 is 13.2 Å². The molecule has 1 amide bonds. The second-order valence-electron chi connectivity index (χ2n) is 5.05. The third kappa shape index (κ3) is 3.80. The van der Waals surface area contributed by atoms with E-state index in [-0.39, 0.29) is 18.2 Å². The van der Waals surface area contributed by atoms with Crippen LogP contribution >= 0.6 is 0 Å². The summed E-state index contributed by atoms with van der Waals surface area (Å²) in [6.45, 7) is 0.844. The summed E-state index contributed by atoms with van der Waals surface area (Å²) in [5.74, 6) is -0.0401. The maximum absolute atomic E-state index is 12.2. The van der Waals surface area contributed by atoms with E-state index in [4.69, 9.17) is 0 Å². The van der Waals surface area contributed by atoms with Crippen LogP contribution in [0.4, 0.5) is 0 Å². The number of benzene rings is 1. The first-order chi connectivity index (χ1) is 9.49. The predicted octanol–water partition coefficient (Wildman–Crippen LogP) is 0.723. The van der Waals surface area contributed by atoms with E-state index in [1.54, 1.807) is 11.9 Å². The Bertz CT molecular complexity index is 557. The van der Waals surface area contributed by atoms with Crippen LogP contribution in [-0.2, 0) is 21.2 Å². The lowest BCUT2D eigenvalue weighted by Gasteiger charge is -2.31. The predicted molar refractivity (Wildman–Crippen MR) is 77.8 cm³/mol. The monoisotopic (exact) mass is 296 g/mol. The highest BCUT2D eigenvalue weighted by Gasteiger charge is 2.29. The van der Waals surface area contributed by atoms with E-state index in [1.165, 1.54) is 4.31 Å². The highest BCUT2D eigenvalue weighted by molar-refractivity contribution is 7.89. The van der Waals surface area contributed by atoms with Crippen LogP contribution in [0, 0.1) is 0 Å². The number of hydrogen-bond donors (Lipinski definition) is 0. The van der Waals surface area contributed by atoms with E-state index in [0.717, 1.165) is 12.0 Å². The number of carbonyl (C=O) groups excluding carboxylic acids is 1. The highest BCUT2D eigenvalue weighted by Crippen LogP contribution is 2.11. The van der Waals surface area contributed by atoms with Gasteiger partial charge < -0.3 is 4.90 Å². The van der Waals surface area contributed by atoms with Gasteiger partial charge in [-0.1, -0.05) is 30.3 Å². The summed E-state index contributed by atoms with van der Waals surface area (Å²) in [4.78, 5) is 13.1. The van der Waals surface area contributed by atoms with Crippen molar-refractivity contribution in [2.75, 3.05) is 32.4 Å². The summed E-state index contributed by atoms with van der Waals surface area (Å²) >= 11 is 0. The van der Waals surface area contributed by atoms with Gasteiger partial charge in [-0.05, 0) is 18.4 Å². The molecule has 0 N–H and O–H groups in total. The van der Waals surface area contributed by atoms with Crippen molar-refractivity contribution in [2.24, 2.45) is 0 Å². The summed E-state index contributed by atoms with van der Waals surface area (Å²) in [6.07, 6.45) is 1.31. The van der Waals surface area contributed by atoms with Crippen molar-refractivity contribution in [1.29, 1.82) is 0 Å². The van der Waals surface area contributed by atoms with Crippen molar-refractivity contribution in [2.45, 2.75) is 12.8 Å². The maximum atomic E-state index is 12.2. The molecule has 0 spiro atoms. The molecule has 5 nitrogen and oxygen atoms in total. The summed E-state index contributed by atoms with van der Waals surface area (Å²) in [5.41, 5.74) is 1.14. The largest absolute Gasteiger partial charge is 0.343 e. The number of piperazine rings is 1. The van der Waals surface area contributed by atoms with Crippen LogP contribution in [0.15, 0.2) is 30.3 Å². The zero-order valence-corrected chi connectivity index (χ0v) is 12.5. The Morgan fingerprint density at radius 3 is 2.50 bits per heavy atom. The number of hydrogen-bond acceptors (Lipinski definition) is 3. The lowest BCUT2D eigenvalue weighted by Crippen LogP contribution is -2.51. The first-order valence-corrected chi connectivity index (χ1v) is 8.36.